The molecule has 4 nitrogen and oxygen atoms in total. The summed E-state index contributed by atoms with van der Waals surface area (Å²) in [7, 11) is 3.97. The fraction of sp³-hybridized carbons (Fsp3) is 0.400. The number of hydrogen-bond donors (Lipinski definition) is 0. The number of carbonyl (C=O) groups excluding carboxylic acids is 1. The van der Waals surface area contributed by atoms with E-state index >= 15 is 0 Å². The number of piperazine rings is 1. The van der Waals surface area contributed by atoms with Gasteiger partial charge in [-0.1, -0.05) is 29.8 Å². The van der Waals surface area contributed by atoms with Crippen LogP contribution in [0.3, 0.4) is 0 Å². The normalized spacial score (nSPS) is 19.8. The number of carbonyl (C=O) groups is 1. The molecular weight excluding hydrogens is 306 g/mol. The van der Waals surface area contributed by atoms with E-state index in [0.717, 1.165) is 36.6 Å². The number of halogens is 1. The molecule has 1 aromatic carbocycles. The van der Waals surface area contributed by atoms with Crippen LogP contribution >= 0.6 is 23.5 Å². The van der Waals surface area contributed by atoms with Gasteiger partial charge in [0.2, 0.25) is 0 Å². The third kappa shape index (κ3) is 2.78. The van der Waals surface area contributed by atoms with Crippen molar-refractivity contribution in [3.05, 3.63) is 35.5 Å². The molecule has 3 rings (SSSR count). The van der Waals surface area contributed by atoms with E-state index in [-0.39, 0.29) is 5.91 Å². The van der Waals surface area contributed by atoms with Gasteiger partial charge in [0.15, 0.2) is 0 Å². The molecule has 0 spiro atoms. The van der Waals surface area contributed by atoms with Crippen LogP contribution in [0.5, 0.6) is 0 Å². The van der Waals surface area contributed by atoms with E-state index in [1.54, 1.807) is 11.9 Å². The number of amides is 1. The molecule has 6 heteroatoms. The first kappa shape index (κ1) is 14.8. The van der Waals surface area contributed by atoms with Crippen molar-refractivity contribution in [2.24, 2.45) is 0 Å². The quantitative estimate of drug-likeness (QED) is 0.741. The molecule has 0 N–H and O–H groups in total. The minimum atomic E-state index is 0.0256. The number of likely N-dealkylation sites (N-methyl/N-ethyl adjacent to an activating group) is 2. The topological polar surface area (TPSA) is 26.8 Å². The summed E-state index contributed by atoms with van der Waals surface area (Å²) in [5.74, 6) is 0.0256. The highest BCUT2D eigenvalue weighted by atomic mass is 35.5. The summed E-state index contributed by atoms with van der Waals surface area (Å²) < 4.78 is 1.88. The van der Waals surface area contributed by atoms with Crippen LogP contribution in [0.25, 0.3) is 5.03 Å². The Morgan fingerprint density at radius 1 is 1.14 bits per heavy atom. The molecule has 1 saturated heterocycles. The summed E-state index contributed by atoms with van der Waals surface area (Å²) in [6.07, 6.45) is 0. The summed E-state index contributed by atoms with van der Waals surface area (Å²) in [5.41, 5.74) is 1.53. The van der Waals surface area contributed by atoms with Crippen molar-refractivity contribution in [2.45, 2.75) is 4.90 Å². The Morgan fingerprint density at radius 3 is 2.52 bits per heavy atom. The number of nitrogens with zero attached hydrogens (tertiary/aromatic N) is 3. The fourth-order valence-electron chi connectivity index (χ4n) is 2.57. The summed E-state index contributed by atoms with van der Waals surface area (Å²) in [6, 6.07) is 7.92. The molecule has 2 heterocycles. The molecule has 0 aromatic heterocycles. The van der Waals surface area contributed by atoms with Gasteiger partial charge in [0.25, 0.3) is 5.91 Å². The van der Waals surface area contributed by atoms with Crippen molar-refractivity contribution in [2.75, 3.05) is 40.3 Å². The maximum atomic E-state index is 12.8. The van der Waals surface area contributed by atoms with Crippen LogP contribution in [0.15, 0.2) is 34.9 Å². The molecule has 112 valence electrons. The third-order valence-electron chi connectivity index (χ3n) is 3.87. The number of fused-ring (bicyclic) bond motifs is 1. The second-order valence-electron chi connectivity index (χ2n) is 5.34. The van der Waals surface area contributed by atoms with Crippen LogP contribution in [0.2, 0.25) is 0 Å². The van der Waals surface area contributed by atoms with E-state index in [2.05, 4.69) is 11.9 Å². The highest BCUT2D eigenvalue weighted by Crippen LogP contribution is 2.42. The zero-order valence-corrected chi connectivity index (χ0v) is 13.7. The Hall–Kier alpha value is -1.17. The minimum absolute atomic E-state index is 0.0256. The zero-order chi connectivity index (χ0) is 15.0. The van der Waals surface area contributed by atoms with Crippen LogP contribution in [0, 0.1) is 0 Å². The predicted molar refractivity (Wildman–Crippen MR) is 86.9 cm³/mol. The van der Waals surface area contributed by atoms with Crippen LogP contribution in [0.1, 0.15) is 5.56 Å². The van der Waals surface area contributed by atoms with Gasteiger partial charge in [-0.2, -0.15) is 0 Å². The highest BCUT2D eigenvalue weighted by Gasteiger charge is 2.31. The van der Waals surface area contributed by atoms with Crippen molar-refractivity contribution >= 4 is 34.5 Å². The van der Waals surface area contributed by atoms with E-state index in [9.17, 15) is 4.79 Å². The Kier molecular flexibility index (Phi) is 4.15. The van der Waals surface area contributed by atoms with Crippen LogP contribution in [-0.2, 0) is 4.79 Å². The van der Waals surface area contributed by atoms with Gasteiger partial charge in [0.05, 0.1) is 5.03 Å². The first-order chi connectivity index (χ1) is 10.1. The molecule has 1 aromatic rings. The Balaban J connectivity index is 1.91. The maximum Gasteiger partial charge on any atom is 0.272 e. The summed E-state index contributed by atoms with van der Waals surface area (Å²) in [5, 5.41) is 0.552. The highest BCUT2D eigenvalue weighted by molar-refractivity contribution is 7.97. The van der Waals surface area contributed by atoms with Crippen LogP contribution < -0.4 is 0 Å². The number of benzene rings is 1. The van der Waals surface area contributed by atoms with Gasteiger partial charge in [-0.05, 0) is 25.1 Å². The molecular formula is C15H18ClN3OS. The molecule has 1 fully saturated rings. The van der Waals surface area contributed by atoms with E-state index in [1.165, 1.54) is 0 Å². The molecule has 0 atom stereocenters. The van der Waals surface area contributed by atoms with Crippen molar-refractivity contribution in [3.63, 3.8) is 0 Å². The van der Waals surface area contributed by atoms with Gasteiger partial charge in [-0.25, -0.2) is 0 Å². The van der Waals surface area contributed by atoms with E-state index in [4.69, 9.17) is 11.6 Å². The summed E-state index contributed by atoms with van der Waals surface area (Å²) >= 11 is 8.07. The SMILES string of the molecule is CN1CCN(C(=O)C2=C(Cl)c3ccccc3SN2C)CC1. The lowest BCUT2D eigenvalue weighted by Gasteiger charge is -2.36. The third-order valence-corrected chi connectivity index (χ3v) is 5.27. The standard InChI is InChI=1S/C15H18ClN3OS/c1-17-7-9-19(10-8-17)15(20)14-13(16)11-5-3-4-6-12(11)21-18(14)2/h3-6H,7-10H2,1-2H3. The smallest absolute Gasteiger partial charge is 0.272 e. The molecule has 0 bridgehead atoms. The van der Waals surface area contributed by atoms with E-state index in [0.29, 0.717) is 10.7 Å². The zero-order valence-electron chi connectivity index (χ0n) is 12.2. The second-order valence-corrected chi connectivity index (χ2v) is 6.89. The van der Waals surface area contributed by atoms with Crippen molar-refractivity contribution in [3.8, 4) is 0 Å². The van der Waals surface area contributed by atoms with E-state index in [1.807, 2.05) is 40.5 Å². The van der Waals surface area contributed by atoms with Crippen LogP contribution in [-0.4, -0.2) is 60.3 Å². The van der Waals surface area contributed by atoms with Gasteiger partial charge in [-0.3, -0.25) is 4.79 Å². The number of rotatable bonds is 1. The molecule has 1 amide bonds. The molecule has 2 aliphatic rings. The Morgan fingerprint density at radius 2 is 1.81 bits per heavy atom. The fourth-order valence-corrected chi connectivity index (χ4v) is 4.02. The van der Waals surface area contributed by atoms with Gasteiger partial charge in [-0.15, -0.1) is 0 Å². The molecule has 0 unspecified atom stereocenters. The van der Waals surface area contributed by atoms with Crippen molar-refractivity contribution < 1.29 is 4.79 Å². The van der Waals surface area contributed by atoms with Gasteiger partial charge in [0, 0.05) is 43.7 Å². The summed E-state index contributed by atoms with van der Waals surface area (Å²) in [6.45, 7) is 3.32. The Bertz CT molecular complexity index is 596. The second kappa shape index (κ2) is 5.91. The number of hydrogen-bond acceptors (Lipinski definition) is 4. The van der Waals surface area contributed by atoms with Crippen LogP contribution in [0.4, 0.5) is 0 Å². The van der Waals surface area contributed by atoms with Crippen molar-refractivity contribution in [1.29, 1.82) is 0 Å². The average molecular weight is 324 g/mol. The summed E-state index contributed by atoms with van der Waals surface area (Å²) in [4.78, 5) is 18.0. The van der Waals surface area contributed by atoms with Gasteiger partial charge < -0.3 is 14.1 Å². The minimum Gasteiger partial charge on any atom is -0.335 e. The lowest BCUT2D eigenvalue weighted by atomic mass is 10.1. The maximum absolute atomic E-state index is 12.8. The lowest BCUT2D eigenvalue weighted by Crippen LogP contribution is -2.48. The average Bonchev–Trinajstić information content (AvgIpc) is 2.48. The van der Waals surface area contributed by atoms with Gasteiger partial charge >= 0.3 is 0 Å². The van der Waals surface area contributed by atoms with Crippen molar-refractivity contribution in [1.82, 2.24) is 14.1 Å². The largest absolute Gasteiger partial charge is 0.335 e. The predicted octanol–water partition coefficient (Wildman–Crippen LogP) is 2.32. The molecule has 0 saturated carbocycles. The molecule has 0 aliphatic carbocycles. The van der Waals surface area contributed by atoms with E-state index < -0.39 is 0 Å². The Labute approximate surface area is 134 Å². The first-order valence-electron chi connectivity index (χ1n) is 6.96. The molecule has 0 radical (unpaired) electrons. The molecule has 21 heavy (non-hydrogen) atoms. The lowest BCUT2D eigenvalue weighted by molar-refractivity contribution is -0.129. The van der Waals surface area contributed by atoms with Gasteiger partial charge in [0.1, 0.15) is 5.70 Å². The molecule has 2 aliphatic heterocycles. The first-order valence-corrected chi connectivity index (χ1v) is 8.12. The monoisotopic (exact) mass is 323 g/mol.